The second kappa shape index (κ2) is 5.96. The maximum atomic E-state index is 9.29. The molecule has 0 heterocycles. The van der Waals surface area contributed by atoms with E-state index in [1.54, 1.807) is 0 Å². The van der Waals surface area contributed by atoms with E-state index < -0.39 is 5.69 Å². The molecule has 7 heteroatoms. The van der Waals surface area contributed by atoms with E-state index in [-0.39, 0.29) is 0 Å². The molecular weight excluding hydrogens is 255 g/mol. The van der Waals surface area contributed by atoms with Crippen LogP contribution >= 0.6 is 15.5 Å². The van der Waals surface area contributed by atoms with E-state index >= 15 is 0 Å². The van der Waals surface area contributed by atoms with Crippen LogP contribution in [0.3, 0.4) is 0 Å². The monoisotopic (exact) mass is 257 g/mol. The van der Waals surface area contributed by atoms with Crippen molar-refractivity contribution in [2.45, 2.75) is 0 Å². The predicted octanol–water partition coefficient (Wildman–Crippen LogP) is -0.876. The third kappa shape index (κ3) is 79.6. The zero-order valence-corrected chi connectivity index (χ0v) is 8.25. The van der Waals surface area contributed by atoms with Gasteiger partial charge in [0.1, 0.15) is 0 Å². The Labute approximate surface area is 67.0 Å². The van der Waals surface area contributed by atoms with Gasteiger partial charge in [0.15, 0.2) is 0 Å². The average Bonchev–Trinajstić information content (AvgIpc) is 1.36. The van der Waals surface area contributed by atoms with Gasteiger partial charge in [0.05, 0.1) is 0 Å². The fourth-order valence-electron chi connectivity index (χ4n) is 0. The zero-order valence-electron chi connectivity index (χ0n) is 2.90. The molecule has 0 fully saturated rings. The Balaban J connectivity index is 0. The van der Waals surface area contributed by atoms with Crippen LogP contribution in [-0.2, 0) is 42.1 Å². The third-order valence-electron chi connectivity index (χ3n) is 0. The van der Waals surface area contributed by atoms with Gasteiger partial charge in [-0.3, -0.25) is 0 Å². The van der Waals surface area contributed by atoms with E-state index in [1.807, 2.05) is 0 Å². The molecule has 0 aromatic rings. The van der Waals surface area contributed by atoms with Gasteiger partial charge in [-0.15, -0.1) is 0 Å². The van der Waals surface area contributed by atoms with Gasteiger partial charge in [-0.2, -0.15) is 11.8 Å². The summed E-state index contributed by atoms with van der Waals surface area (Å²) < 4.78 is 0. The Bertz CT molecular complexity index is 68.7. The summed E-state index contributed by atoms with van der Waals surface area (Å²) in [4.78, 5) is 18.6. The first kappa shape index (κ1) is 11.6. The average molecular weight is 255 g/mol. The molecular formula is MoO2PS3. The molecule has 0 radical (unpaired) electrons. The van der Waals surface area contributed by atoms with Gasteiger partial charge in [0, 0.05) is 0 Å². The van der Waals surface area contributed by atoms with Gasteiger partial charge in [0.2, 0.25) is 0 Å². The van der Waals surface area contributed by atoms with Crippen LogP contribution < -0.4 is 9.79 Å². The van der Waals surface area contributed by atoms with Gasteiger partial charge >= 0.3 is 27.8 Å². The molecule has 41 valence electrons. The van der Waals surface area contributed by atoms with Crippen molar-refractivity contribution >= 4 is 39.6 Å². The Morgan fingerprint density at radius 2 is 1.43 bits per heavy atom. The van der Waals surface area contributed by atoms with Gasteiger partial charge in [0.25, 0.3) is 0 Å². The SMILES string of the molecule is [O-]P([O-])(=S)[S-].[S]=[Mo+3]. The molecule has 0 aliphatic rings. The summed E-state index contributed by atoms with van der Waals surface area (Å²) in [5, 5.41) is 0. The molecule has 2 nitrogen and oxygen atoms in total. The summed E-state index contributed by atoms with van der Waals surface area (Å²) >= 11 is 8.82. The van der Waals surface area contributed by atoms with Crippen molar-refractivity contribution in [3.8, 4) is 0 Å². The van der Waals surface area contributed by atoms with Crippen LogP contribution in [0.4, 0.5) is 0 Å². The normalized spacial score (nSPS) is 9.29. The summed E-state index contributed by atoms with van der Waals surface area (Å²) in [5.74, 6) is 0. The number of hydrogen-bond acceptors (Lipinski definition) is 5. The van der Waals surface area contributed by atoms with Gasteiger partial charge in [-0.1, -0.05) is 0 Å². The predicted molar refractivity (Wildman–Crippen MR) is 29.2 cm³/mol. The van der Waals surface area contributed by atoms with E-state index in [9.17, 15) is 9.79 Å². The fourth-order valence-corrected chi connectivity index (χ4v) is 0. The van der Waals surface area contributed by atoms with Crippen molar-refractivity contribution in [2.75, 3.05) is 0 Å². The van der Waals surface area contributed by atoms with E-state index in [4.69, 9.17) is 0 Å². The van der Waals surface area contributed by atoms with Crippen LogP contribution in [-0.4, -0.2) is 0 Å². The molecule has 0 bridgehead atoms. The summed E-state index contributed by atoms with van der Waals surface area (Å²) in [6.45, 7) is 0. The van der Waals surface area contributed by atoms with Gasteiger partial charge < -0.3 is 27.7 Å². The molecule has 0 spiro atoms. The molecule has 7 heavy (non-hydrogen) atoms. The summed E-state index contributed by atoms with van der Waals surface area (Å²) in [6.07, 6.45) is 0. The number of rotatable bonds is 0. The minimum absolute atomic E-state index is 1.53. The molecule has 0 saturated carbocycles. The van der Waals surface area contributed by atoms with Crippen molar-refractivity contribution in [1.82, 2.24) is 0 Å². The number of hydrogen-bond donors (Lipinski definition) is 0. The van der Waals surface area contributed by atoms with E-state index in [0.29, 0.717) is 0 Å². The molecule has 0 aromatic heterocycles. The zero-order chi connectivity index (χ0) is 6.50. The molecule has 0 N–H and O–H groups in total. The van der Waals surface area contributed by atoms with E-state index in [2.05, 4.69) is 33.9 Å². The van der Waals surface area contributed by atoms with Crippen molar-refractivity contribution in [2.24, 2.45) is 0 Å². The van der Waals surface area contributed by atoms with Crippen molar-refractivity contribution in [3.63, 3.8) is 0 Å². The van der Waals surface area contributed by atoms with Crippen LogP contribution in [0.1, 0.15) is 0 Å². The summed E-state index contributed by atoms with van der Waals surface area (Å²) in [5.41, 5.74) is -3.72. The molecule has 0 aromatic carbocycles. The Morgan fingerprint density at radius 1 is 1.43 bits per heavy atom. The first-order chi connectivity index (χ1) is 3.00. The second-order valence-electron chi connectivity index (χ2n) is 0.447. The molecule has 0 rings (SSSR count). The van der Waals surface area contributed by atoms with Crippen LogP contribution in [0.5, 0.6) is 0 Å². The molecule has 0 aliphatic heterocycles. The first-order valence-corrected chi connectivity index (χ1v) is 7.34. The molecule has 0 amide bonds. The first-order valence-electron chi connectivity index (χ1n) is 0.897. The Kier molecular flexibility index (Phi) is 9.87. The van der Waals surface area contributed by atoms with Gasteiger partial charge in [-0.05, 0) is 0 Å². The topological polar surface area (TPSA) is 46.1 Å². The van der Waals surface area contributed by atoms with Crippen molar-refractivity contribution in [3.05, 3.63) is 0 Å². The van der Waals surface area contributed by atoms with Crippen LogP contribution in [0.2, 0.25) is 0 Å². The Hall–Kier alpha value is 1.83. The van der Waals surface area contributed by atoms with Crippen molar-refractivity contribution < 1.29 is 27.8 Å². The van der Waals surface area contributed by atoms with Gasteiger partial charge in [-0.25, -0.2) is 0 Å². The molecule has 0 aliphatic carbocycles. The quantitative estimate of drug-likeness (QED) is 0.320. The van der Waals surface area contributed by atoms with Crippen LogP contribution in [0, 0.1) is 0 Å². The van der Waals surface area contributed by atoms with Crippen LogP contribution in [0.15, 0.2) is 0 Å². The maximum absolute atomic E-state index is 9.29. The third-order valence-corrected chi connectivity index (χ3v) is 0. The van der Waals surface area contributed by atoms with E-state index in [1.165, 1.54) is 18.0 Å². The molecule has 0 atom stereocenters. The molecule has 0 saturated heterocycles. The summed E-state index contributed by atoms with van der Waals surface area (Å²) in [7, 11) is 4.09. The van der Waals surface area contributed by atoms with Crippen molar-refractivity contribution in [1.29, 1.82) is 0 Å². The minimum atomic E-state index is -3.72. The van der Waals surface area contributed by atoms with Crippen LogP contribution in [0.25, 0.3) is 0 Å². The standard InChI is InChI=1S/Mo.H3O2PS2.S/c;1-3(2,4)5;/h;(H3,1,2,4,5);/q+3;;/p-3. The second-order valence-corrected chi connectivity index (χ2v) is 4.92. The summed E-state index contributed by atoms with van der Waals surface area (Å²) in [6, 6.07) is 0. The fraction of sp³-hybridized carbons (Fsp3) is 0. The molecule has 0 unspecified atom stereocenters. The van der Waals surface area contributed by atoms with E-state index in [0.717, 1.165) is 0 Å². The Morgan fingerprint density at radius 3 is 1.43 bits per heavy atom.